The van der Waals surface area contributed by atoms with Gasteiger partial charge in [0.05, 0.1) is 0 Å². The molecule has 2 aliphatic carbocycles. The molecule has 0 atom stereocenters. The SMILES string of the molecule is CN(C1CCC(=O)CC1)S(=O)(=O)NC1CC1. The van der Waals surface area contributed by atoms with Gasteiger partial charge in [0.1, 0.15) is 5.78 Å². The maximum absolute atomic E-state index is 11.9. The van der Waals surface area contributed by atoms with Gasteiger partial charge >= 0.3 is 0 Å². The van der Waals surface area contributed by atoms with E-state index >= 15 is 0 Å². The lowest BCUT2D eigenvalue weighted by molar-refractivity contribution is -0.120. The third-order valence-electron chi connectivity index (χ3n) is 3.30. The van der Waals surface area contributed by atoms with E-state index in [1.54, 1.807) is 7.05 Å². The lowest BCUT2D eigenvalue weighted by Crippen LogP contribution is -2.46. The number of nitrogens with one attached hydrogen (secondary N) is 1. The van der Waals surface area contributed by atoms with E-state index < -0.39 is 10.2 Å². The predicted octanol–water partition coefficient (Wildman–Crippen LogP) is 0.427. The van der Waals surface area contributed by atoms with Gasteiger partial charge in [0.15, 0.2) is 0 Å². The number of carbonyl (C=O) groups excluding carboxylic acids is 1. The maximum atomic E-state index is 11.9. The highest BCUT2D eigenvalue weighted by Crippen LogP contribution is 2.24. The minimum atomic E-state index is -3.34. The first-order valence-corrected chi connectivity index (χ1v) is 7.20. The Morgan fingerprint density at radius 2 is 1.75 bits per heavy atom. The van der Waals surface area contributed by atoms with Crippen LogP contribution in [0.4, 0.5) is 0 Å². The lowest BCUT2D eigenvalue weighted by atomic mass is 9.95. The molecule has 0 bridgehead atoms. The van der Waals surface area contributed by atoms with Gasteiger partial charge in [-0.2, -0.15) is 17.4 Å². The number of hydrogen-bond donors (Lipinski definition) is 1. The summed E-state index contributed by atoms with van der Waals surface area (Å²) < 4.78 is 27.8. The molecule has 1 N–H and O–H groups in total. The zero-order valence-electron chi connectivity index (χ0n) is 9.48. The van der Waals surface area contributed by atoms with E-state index in [0.29, 0.717) is 25.7 Å². The van der Waals surface area contributed by atoms with Crippen LogP contribution in [0.25, 0.3) is 0 Å². The fourth-order valence-corrected chi connectivity index (χ4v) is 3.41. The van der Waals surface area contributed by atoms with E-state index in [2.05, 4.69) is 4.72 Å². The third kappa shape index (κ3) is 2.81. The molecule has 5 nitrogen and oxygen atoms in total. The summed E-state index contributed by atoms with van der Waals surface area (Å²) in [5.41, 5.74) is 0. The Hall–Kier alpha value is -0.460. The van der Waals surface area contributed by atoms with Crippen molar-refractivity contribution in [1.82, 2.24) is 9.03 Å². The van der Waals surface area contributed by atoms with Crippen LogP contribution in [-0.2, 0) is 15.0 Å². The molecule has 6 heteroatoms. The molecule has 2 rings (SSSR count). The van der Waals surface area contributed by atoms with Crippen molar-refractivity contribution in [1.29, 1.82) is 0 Å². The number of rotatable bonds is 4. The minimum Gasteiger partial charge on any atom is -0.300 e. The first-order valence-electron chi connectivity index (χ1n) is 5.76. The van der Waals surface area contributed by atoms with Gasteiger partial charge in [0.2, 0.25) is 0 Å². The van der Waals surface area contributed by atoms with Crippen LogP contribution in [0.5, 0.6) is 0 Å². The minimum absolute atomic E-state index is 0.0195. The monoisotopic (exact) mass is 246 g/mol. The van der Waals surface area contributed by atoms with Crippen LogP contribution in [0.1, 0.15) is 38.5 Å². The van der Waals surface area contributed by atoms with Crippen molar-refractivity contribution >= 4 is 16.0 Å². The van der Waals surface area contributed by atoms with Crippen molar-refractivity contribution in [2.45, 2.75) is 50.6 Å². The van der Waals surface area contributed by atoms with Gasteiger partial charge in [-0.25, -0.2) is 0 Å². The molecule has 0 heterocycles. The molecule has 0 aromatic carbocycles. The molecule has 2 saturated carbocycles. The number of ketones is 1. The van der Waals surface area contributed by atoms with Gasteiger partial charge < -0.3 is 0 Å². The molecule has 0 unspecified atom stereocenters. The van der Waals surface area contributed by atoms with E-state index in [4.69, 9.17) is 0 Å². The lowest BCUT2D eigenvalue weighted by Gasteiger charge is -2.29. The van der Waals surface area contributed by atoms with Crippen molar-refractivity contribution in [2.75, 3.05) is 7.05 Å². The summed E-state index contributed by atoms with van der Waals surface area (Å²) >= 11 is 0. The van der Waals surface area contributed by atoms with Crippen molar-refractivity contribution < 1.29 is 13.2 Å². The van der Waals surface area contributed by atoms with E-state index in [-0.39, 0.29) is 17.9 Å². The Morgan fingerprint density at radius 1 is 1.19 bits per heavy atom. The van der Waals surface area contributed by atoms with E-state index in [1.165, 1.54) is 4.31 Å². The molecule has 0 aromatic rings. The highest BCUT2D eigenvalue weighted by Gasteiger charge is 2.33. The summed E-state index contributed by atoms with van der Waals surface area (Å²) in [6, 6.07) is 0.117. The van der Waals surface area contributed by atoms with E-state index in [1.807, 2.05) is 0 Å². The molecule has 0 aromatic heterocycles. The van der Waals surface area contributed by atoms with Crippen molar-refractivity contribution in [3.05, 3.63) is 0 Å². The molecule has 0 radical (unpaired) electrons. The molecule has 2 fully saturated rings. The fraction of sp³-hybridized carbons (Fsp3) is 0.900. The summed E-state index contributed by atoms with van der Waals surface area (Å²) in [6.45, 7) is 0. The largest absolute Gasteiger partial charge is 0.300 e. The predicted molar refractivity (Wildman–Crippen MR) is 60.1 cm³/mol. The van der Waals surface area contributed by atoms with Crippen molar-refractivity contribution in [2.24, 2.45) is 0 Å². The second-order valence-corrected chi connectivity index (χ2v) is 6.45. The maximum Gasteiger partial charge on any atom is 0.279 e. The first kappa shape index (κ1) is 12.0. The number of carbonyl (C=O) groups is 1. The summed E-state index contributed by atoms with van der Waals surface area (Å²) in [4.78, 5) is 11.1. The van der Waals surface area contributed by atoms with Crippen molar-refractivity contribution in [3.63, 3.8) is 0 Å². The van der Waals surface area contributed by atoms with Gasteiger partial charge in [-0.05, 0) is 25.7 Å². The van der Waals surface area contributed by atoms with Gasteiger partial charge in [-0.1, -0.05) is 0 Å². The summed E-state index contributed by atoms with van der Waals surface area (Å²) in [5, 5.41) is 0. The summed E-state index contributed by atoms with van der Waals surface area (Å²) in [6.07, 6.45) is 4.20. The summed E-state index contributed by atoms with van der Waals surface area (Å²) in [5.74, 6) is 0.247. The average molecular weight is 246 g/mol. The molecule has 16 heavy (non-hydrogen) atoms. The van der Waals surface area contributed by atoms with E-state index in [0.717, 1.165) is 12.8 Å². The zero-order valence-corrected chi connectivity index (χ0v) is 10.3. The molecule has 92 valence electrons. The van der Waals surface area contributed by atoms with Gasteiger partial charge in [0, 0.05) is 32.0 Å². The highest BCUT2D eigenvalue weighted by atomic mass is 32.2. The van der Waals surface area contributed by atoms with Crippen LogP contribution in [0.3, 0.4) is 0 Å². The van der Waals surface area contributed by atoms with Crippen LogP contribution in [0.15, 0.2) is 0 Å². The first-order chi connectivity index (χ1) is 7.49. The third-order valence-corrected chi connectivity index (χ3v) is 4.99. The quantitative estimate of drug-likeness (QED) is 0.782. The van der Waals surface area contributed by atoms with Crippen LogP contribution >= 0.6 is 0 Å². The van der Waals surface area contributed by atoms with Gasteiger partial charge in [-0.3, -0.25) is 4.79 Å². The van der Waals surface area contributed by atoms with Gasteiger partial charge in [0.25, 0.3) is 10.2 Å². The fourth-order valence-electron chi connectivity index (χ4n) is 1.98. The molecule has 0 aliphatic heterocycles. The molecule has 0 spiro atoms. The topological polar surface area (TPSA) is 66.5 Å². The molecular weight excluding hydrogens is 228 g/mol. The molecule has 2 aliphatic rings. The highest BCUT2D eigenvalue weighted by molar-refractivity contribution is 7.87. The van der Waals surface area contributed by atoms with Crippen LogP contribution in [0.2, 0.25) is 0 Å². The van der Waals surface area contributed by atoms with E-state index in [9.17, 15) is 13.2 Å². The Labute approximate surface area is 96.4 Å². The standard InChI is InChI=1S/C10H18N2O3S/c1-12(9-4-6-10(13)7-5-9)16(14,15)11-8-2-3-8/h8-9,11H,2-7H2,1H3. The number of nitrogens with zero attached hydrogens (tertiary/aromatic N) is 1. The Morgan fingerprint density at radius 3 is 2.25 bits per heavy atom. The van der Waals surface area contributed by atoms with Crippen LogP contribution in [0, 0.1) is 0 Å². The smallest absolute Gasteiger partial charge is 0.279 e. The summed E-state index contributed by atoms with van der Waals surface area (Å²) in [7, 11) is -1.74. The molecule has 0 saturated heterocycles. The molecular formula is C10H18N2O3S. The van der Waals surface area contributed by atoms with Crippen molar-refractivity contribution in [3.8, 4) is 0 Å². The second-order valence-electron chi connectivity index (χ2n) is 4.68. The van der Waals surface area contributed by atoms with Gasteiger partial charge in [-0.15, -0.1) is 0 Å². The zero-order chi connectivity index (χ0) is 11.8. The Kier molecular flexibility index (Phi) is 3.32. The van der Waals surface area contributed by atoms with Crippen LogP contribution in [-0.4, -0.2) is 37.6 Å². The number of Topliss-reactive ketones (excluding diaryl/α,β-unsaturated/α-hetero) is 1. The molecule has 0 amide bonds. The van der Waals surface area contributed by atoms with Crippen LogP contribution < -0.4 is 4.72 Å². The Bertz CT molecular complexity index is 366. The normalized spacial score (nSPS) is 24.0. The average Bonchev–Trinajstić information content (AvgIpc) is 3.01. The number of hydrogen-bond acceptors (Lipinski definition) is 3. The Balaban J connectivity index is 1.94. The second kappa shape index (κ2) is 4.43.